The number of nitrogens with one attached hydrogen (secondary N) is 2. The Morgan fingerprint density at radius 1 is 1.07 bits per heavy atom. The highest BCUT2D eigenvalue weighted by atomic mass is 16.1. The minimum absolute atomic E-state index is 0.0115. The SMILES string of the molecule is O=C(N[C@H]1CCCc2c1[nH]c1ccccc21)c1ccccc1-n1cnnc1. The number of carbonyl (C=O) groups is 1. The van der Waals surface area contributed by atoms with Crippen LogP contribution in [0, 0.1) is 0 Å². The van der Waals surface area contributed by atoms with E-state index >= 15 is 0 Å². The summed E-state index contributed by atoms with van der Waals surface area (Å²) in [5.74, 6) is -0.0872. The Labute approximate surface area is 156 Å². The molecule has 6 nitrogen and oxygen atoms in total. The van der Waals surface area contributed by atoms with Crippen LogP contribution in [0.5, 0.6) is 0 Å². The zero-order valence-electron chi connectivity index (χ0n) is 14.7. The van der Waals surface area contributed by atoms with Gasteiger partial charge in [-0.1, -0.05) is 30.3 Å². The highest BCUT2D eigenvalue weighted by molar-refractivity contribution is 5.98. The molecule has 2 N–H and O–H groups in total. The predicted molar refractivity (Wildman–Crippen MR) is 103 cm³/mol. The van der Waals surface area contributed by atoms with E-state index in [4.69, 9.17) is 0 Å². The number of aryl methyl sites for hydroxylation is 1. The third-order valence-electron chi connectivity index (χ3n) is 5.27. The molecule has 6 heteroatoms. The summed E-state index contributed by atoms with van der Waals surface area (Å²) >= 11 is 0. The molecule has 1 amide bonds. The number of fused-ring (bicyclic) bond motifs is 3. The molecule has 27 heavy (non-hydrogen) atoms. The van der Waals surface area contributed by atoms with Crippen LogP contribution >= 0.6 is 0 Å². The predicted octanol–water partition coefficient (Wildman–Crippen LogP) is 3.56. The molecule has 5 rings (SSSR count). The van der Waals surface area contributed by atoms with Crippen molar-refractivity contribution in [2.75, 3.05) is 0 Å². The maximum atomic E-state index is 13.1. The summed E-state index contributed by atoms with van der Waals surface area (Å²) in [6.45, 7) is 0. The van der Waals surface area contributed by atoms with Crippen LogP contribution in [-0.2, 0) is 6.42 Å². The van der Waals surface area contributed by atoms with Gasteiger partial charge in [0.05, 0.1) is 17.3 Å². The van der Waals surface area contributed by atoms with Crippen molar-refractivity contribution in [3.05, 3.63) is 78.0 Å². The molecule has 0 bridgehead atoms. The van der Waals surface area contributed by atoms with Gasteiger partial charge >= 0.3 is 0 Å². The van der Waals surface area contributed by atoms with Crippen molar-refractivity contribution in [2.24, 2.45) is 0 Å². The summed E-state index contributed by atoms with van der Waals surface area (Å²) in [4.78, 5) is 16.6. The monoisotopic (exact) mass is 357 g/mol. The molecule has 134 valence electrons. The highest BCUT2D eigenvalue weighted by Gasteiger charge is 2.26. The summed E-state index contributed by atoms with van der Waals surface area (Å²) in [5, 5.41) is 12.2. The molecule has 1 atom stereocenters. The first-order valence-electron chi connectivity index (χ1n) is 9.15. The Hall–Kier alpha value is -3.41. The number of rotatable bonds is 3. The van der Waals surface area contributed by atoms with Gasteiger partial charge in [0.1, 0.15) is 12.7 Å². The van der Waals surface area contributed by atoms with Crippen LogP contribution < -0.4 is 5.32 Å². The number of hydrogen-bond acceptors (Lipinski definition) is 3. The minimum atomic E-state index is -0.0872. The summed E-state index contributed by atoms with van der Waals surface area (Å²) in [5.41, 5.74) is 4.98. The fourth-order valence-corrected chi connectivity index (χ4v) is 4.01. The molecule has 0 aliphatic heterocycles. The third-order valence-corrected chi connectivity index (χ3v) is 5.27. The Bertz CT molecular complexity index is 1110. The van der Waals surface area contributed by atoms with Gasteiger partial charge in [0.25, 0.3) is 5.91 Å². The minimum Gasteiger partial charge on any atom is -0.356 e. The first-order chi connectivity index (χ1) is 13.3. The lowest BCUT2D eigenvalue weighted by Gasteiger charge is -2.24. The summed E-state index contributed by atoms with van der Waals surface area (Å²) < 4.78 is 1.75. The van der Waals surface area contributed by atoms with E-state index in [2.05, 4.69) is 38.7 Å². The number of aromatic amines is 1. The normalized spacial score (nSPS) is 16.2. The number of H-pyrrole nitrogens is 1. The smallest absolute Gasteiger partial charge is 0.253 e. The summed E-state index contributed by atoms with van der Waals surface area (Å²) in [6.07, 6.45) is 6.24. The Kier molecular flexibility index (Phi) is 3.74. The van der Waals surface area contributed by atoms with Crippen molar-refractivity contribution in [2.45, 2.75) is 25.3 Å². The van der Waals surface area contributed by atoms with E-state index in [9.17, 15) is 4.79 Å². The molecule has 2 heterocycles. The molecule has 0 fully saturated rings. The first-order valence-corrected chi connectivity index (χ1v) is 9.15. The Morgan fingerprint density at radius 3 is 2.74 bits per heavy atom. The van der Waals surface area contributed by atoms with Crippen molar-refractivity contribution in [1.29, 1.82) is 0 Å². The van der Waals surface area contributed by atoms with Gasteiger partial charge in [-0.05, 0) is 43.0 Å². The number of hydrogen-bond donors (Lipinski definition) is 2. The molecule has 0 saturated heterocycles. The van der Waals surface area contributed by atoms with Crippen LogP contribution in [0.2, 0.25) is 0 Å². The van der Waals surface area contributed by atoms with Gasteiger partial charge in [-0.2, -0.15) is 0 Å². The average Bonchev–Trinajstić information content (AvgIpc) is 3.36. The molecule has 0 radical (unpaired) electrons. The van der Waals surface area contributed by atoms with Crippen molar-refractivity contribution in [3.8, 4) is 5.69 Å². The lowest BCUT2D eigenvalue weighted by molar-refractivity contribution is 0.0932. The van der Waals surface area contributed by atoms with E-state index in [1.165, 1.54) is 10.9 Å². The molecule has 1 aliphatic carbocycles. The largest absolute Gasteiger partial charge is 0.356 e. The molecule has 1 aliphatic rings. The molecule has 0 saturated carbocycles. The van der Waals surface area contributed by atoms with E-state index < -0.39 is 0 Å². The van der Waals surface area contributed by atoms with Crippen molar-refractivity contribution < 1.29 is 4.79 Å². The number of benzene rings is 2. The molecule has 2 aromatic carbocycles. The number of nitrogens with zero attached hydrogens (tertiary/aromatic N) is 3. The van der Waals surface area contributed by atoms with E-state index in [-0.39, 0.29) is 11.9 Å². The Balaban J connectivity index is 1.48. The topological polar surface area (TPSA) is 75.6 Å². The van der Waals surface area contributed by atoms with Crippen LogP contribution in [0.25, 0.3) is 16.6 Å². The summed E-state index contributed by atoms with van der Waals surface area (Å²) in [6, 6.07) is 15.8. The molecular formula is C21H19N5O. The maximum absolute atomic E-state index is 13.1. The first kappa shape index (κ1) is 15.8. The van der Waals surface area contributed by atoms with Gasteiger partial charge in [-0.15, -0.1) is 10.2 Å². The second-order valence-electron chi connectivity index (χ2n) is 6.87. The van der Waals surface area contributed by atoms with Gasteiger partial charge in [-0.3, -0.25) is 9.36 Å². The van der Waals surface area contributed by atoms with Crippen LogP contribution in [0.1, 0.15) is 40.5 Å². The fraction of sp³-hybridized carbons (Fsp3) is 0.190. The number of amides is 1. The standard InChI is InChI=1S/C21H19N5O/c27-21(16-7-2-4-11-19(16)26-12-22-23-13-26)25-18-10-5-8-15-14-6-1-3-9-17(14)24-20(15)18/h1-4,6-7,9,11-13,18,24H,5,8,10H2,(H,25,27)/t18-/m0/s1. The van der Waals surface area contributed by atoms with Crippen LogP contribution in [0.3, 0.4) is 0 Å². The Morgan fingerprint density at radius 2 is 1.85 bits per heavy atom. The second-order valence-corrected chi connectivity index (χ2v) is 6.87. The van der Waals surface area contributed by atoms with Crippen LogP contribution in [0.15, 0.2) is 61.2 Å². The van der Waals surface area contributed by atoms with Crippen molar-refractivity contribution in [3.63, 3.8) is 0 Å². The van der Waals surface area contributed by atoms with E-state index in [0.29, 0.717) is 5.56 Å². The van der Waals surface area contributed by atoms with E-state index in [1.807, 2.05) is 30.3 Å². The summed E-state index contributed by atoms with van der Waals surface area (Å²) in [7, 11) is 0. The zero-order chi connectivity index (χ0) is 18.2. The third kappa shape index (κ3) is 2.70. The highest BCUT2D eigenvalue weighted by Crippen LogP contribution is 2.34. The van der Waals surface area contributed by atoms with Gasteiger partial charge in [-0.25, -0.2) is 0 Å². The average molecular weight is 357 g/mol. The molecule has 2 aromatic heterocycles. The number of aromatic nitrogens is 4. The lowest BCUT2D eigenvalue weighted by Crippen LogP contribution is -2.31. The van der Waals surface area contributed by atoms with Crippen molar-refractivity contribution >= 4 is 16.8 Å². The molecular weight excluding hydrogens is 338 g/mol. The molecule has 0 spiro atoms. The van der Waals surface area contributed by atoms with Crippen LogP contribution in [-0.4, -0.2) is 25.7 Å². The van der Waals surface area contributed by atoms with Crippen LogP contribution in [0.4, 0.5) is 0 Å². The van der Waals surface area contributed by atoms with E-state index in [0.717, 1.165) is 36.2 Å². The zero-order valence-corrected chi connectivity index (χ0v) is 14.7. The lowest BCUT2D eigenvalue weighted by atomic mass is 9.91. The number of para-hydroxylation sites is 2. The van der Waals surface area contributed by atoms with Crippen molar-refractivity contribution in [1.82, 2.24) is 25.1 Å². The quantitative estimate of drug-likeness (QED) is 0.589. The van der Waals surface area contributed by atoms with E-state index in [1.54, 1.807) is 17.2 Å². The van der Waals surface area contributed by atoms with Gasteiger partial charge in [0.2, 0.25) is 0 Å². The maximum Gasteiger partial charge on any atom is 0.253 e. The van der Waals surface area contributed by atoms with Gasteiger partial charge < -0.3 is 10.3 Å². The second kappa shape index (κ2) is 6.39. The van der Waals surface area contributed by atoms with Gasteiger partial charge in [0, 0.05) is 16.6 Å². The molecule has 0 unspecified atom stereocenters. The number of carbonyl (C=O) groups excluding carboxylic acids is 1. The van der Waals surface area contributed by atoms with Gasteiger partial charge in [0.15, 0.2) is 0 Å². The molecule has 4 aromatic rings. The fourth-order valence-electron chi connectivity index (χ4n) is 4.01.